The molecule has 2 rings (SSSR count). The Kier molecular flexibility index (Phi) is 6.26. The summed E-state index contributed by atoms with van der Waals surface area (Å²) >= 11 is 0. The normalized spacial score (nSPS) is 11.1. The van der Waals surface area contributed by atoms with Gasteiger partial charge in [-0.2, -0.15) is 0 Å². The molecule has 1 amide bonds. The molecule has 0 unspecified atom stereocenters. The van der Waals surface area contributed by atoms with E-state index in [-0.39, 0.29) is 19.1 Å². The lowest BCUT2D eigenvalue weighted by Gasteiger charge is -2.08. The molecule has 0 aliphatic heterocycles. The number of hydrogen-bond donors (Lipinski definition) is 2. The summed E-state index contributed by atoms with van der Waals surface area (Å²) < 4.78 is 17.8. The summed E-state index contributed by atoms with van der Waals surface area (Å²) in [6.07, 6.45) is 2.12. The number of aromatic nitrogens is 1. The highest BCUT2D eigenvalue weighted by Crippen LogP contribution is 2.13. The van der Waals surface area contributed by atoms with Crippen LogP contribution in [-0.2, 0) is 6.54 Å². The van der Waals surface area contributed by atoms with Gasteiger partial charge in [0.1, 0.15) is 12.4 Å². The molecule has 1 aromatic carbocycles. The maximum atomic E-state index is 12.4. The number of rotatable bonds is 7. The number of halogens is 1. The van der Waals surface area contributed by atoms with Crippen LogP contribution in [0.2, 0.25) is 0 Å². The highest BCUT2D eigenvalue weighted by atomic mass is 19.1. The summed E-state index contributed by atoms with van der Waals surface area (Å²) in [6, 6.07) is 12.1. The van der Waals surface area contributed by atoms with Crippen LogP contribution in [0, 0.1) is 0 Å². The van der Waals surface area contributed by atoms with Crippen LogP contribution in [0.15, 0.2) is 60.6 Å². The summed E-state index contributed by atoms with van der Waals surface area (Å²) in [5.41, 5.74) is 7.00. The number of carbonyl (C=O) groups excluding carboxylic acids is 1. The largest absolute Gasteiger partial charge is 0.489 e. The standard InChI is InChI=1S/C17H18FN3O2/c18-9-13(10-19)12-23-16-6-4-14(5-7-16)17(22)21-11-15-3-1-2-8-20-15/h1-9H,10-12,19H2,(H,21,22)/b13-9-. The van der Waals surface area contributed by atoms with E-state index in [2.05, 4.69) is 10.3 Å². The summed E-state index contributed by atoms with van der Waals surface area (Å²) in [7, 11) is 0. The minimum absolute atomic E-state index is 0.0816. The zero-order chi connectivity index (χ0) is 16.5. The molecule has 0 atom stereocenters. The van der Waals surface area contributed by atoms with Gasteiger partial charge in [0.2, 0.25) is 0 Å². The summed E-state index contributed by atoms with van der Waals surface area (Å²) in [6.45, 7) is 0.543. The maximum absolute atomic E-state index is 12.4. The van der Waals surface area contributed by atoms with Crippen LogP contribution >= 0.6 is 0 Å². The van der Waals surface area contributed by atoms with Gasteiger partial charge in [-0.3, -0.25) is 9.78 Å². The molecule has 3 N–H and O–H groups in total. The smallest absolute Gasteiger partial charge is 0.251 e. The van der Waals surface area contributed by atoms with E-state index in [4.69, 9.17) is 10.5 Å². The Morgan fingerprint density at radius 3 is 2.65 bits per heavy atom. The molecule has 0 radical (unpaired) electrons. The second kappa shape index (κ2) is 8.65. The van der Waals surface area contributed by atoms with Gasteiger partial charge in [-0.25, -0.2) is 4.39 Å². The number of pyridine rings is 1. The fourth-order valence-corrected chi connectivity index (χ4v) is 1.79. The third-order valence-corrected chi connectivity index (χ3v) is 3.11. The molecule has 6 heteroatoms. The van der Waals surface area contributed by atoms with Gasteiger partial charge in [-0.15, -0.1) is 0 Å². The van der Waals surface area contributed by atoms with E-state index >= 15 is 0 Å². The summed E-state index contributed by atoms with van der Waals surface area (Å²) in [4.78, 5) is 16.2. The van der Waals surface area contributed by atoms with E-state index < -0.39 is 0 Å². The highest BCUT2D eigenvalue weighted by molar-refractivity contribution is 5.94. The first-order valence-electron chi connectivity index (χ1n) is 7.12. The van der Waals surface area contributed by atoms with Gasteiger partial charge < -0.3 is 15.8 Å². The van der Waals surface area contributed by atoms with E-state index in [1.807, 2.05) is 18.2 Å². The Balaban J connectivity index is 1.87. The Labute approximate surface area is 134 Å². The van der Waals surface area contributed by atoms with Gasteiger partial charge >= 0.3 is 0 Å². The van der Waals surface area contributed by atoms with Crippen molar-refractivity contribution in [2.75, 3.05) is 13.2 Å². The zero-order valence-electron chi connectivity index (χ0n) is 12.5. The molecule has 0 saturated heterocycles. The number of carbonyl (C=O) groups is 1. The predicted octanol–water partition coefficient (Wildman–Crippen LogP) is 2.20. The lowest BCUT2D eigenvalue weighted by molar-refractivity contribution is 0.0950. The number of benzene rings is 1. The van der Waals surface area contributed by atoms with Crippen LogP contribution in [0.3, 0.4) is 0 Å². The van der Waals surface area contributed by atoms with Crippen molar-refractivity contribution >= 4 is 5.91 Å². The van der Waals surface area contributed by atoms with E-state index in [0.717, 1.165) is 5.69 Å². The Morgan fingerprint density at radius 1 is 1.26 bits per heavy atom. The maximum Gasteiger partial charge on any atom is 0.251 e. The van der Waals surface area contributed by atoms with Gasteiger partial charge in [0.25, 0.3) is 5.91 Å². The van der Waals surface area contributed by atoms with Crippen LogP contribution < -0.4 is 15.8 Å². The minimum atomic E-state index is -0.200. The Bertz CT molecular complexity index is 657. The molecule has 0 aliphatic rings. The molecule has 2 aromatic rings. The average Bonchev–Trinajstić information content (AvgIpc) is 2.62. The molecule has 0 saturated carbocycles. The monoisotopic (exact) mass is 315 g/mol. The minimum Gasteiger partial charge on any atom is -0.489 e. The van der Waals surface area contributed by atoms with Gasteiger partial charge in [0.15, 0.2) is 0 Å². The van der Waals surface area contributed by atoms with Crippen LogP contribution in [0.5, 0.6) is 5.75 Å². The number of nitrogens with two attached hydrogens (primary N) is 1. The number of nitrogens with one attached hydrogen (secondary N) is 1. The zero-order valence-corrected chi connectivity index (χ0v) is 12.5. The first kappa shape index (κ1) is 16.6. The van der Waals surface area contributed by atoms with Crippen LogP contribution in [0.25, 0.3) is 0 Å². The first-order chi connectivity index (χ1) is 11.2. The third-order valence-electron chi connectivity index (χ3n) is 3.11. The fraction of sp³-hybridized carbons (Fsp3) is 0.176. The average molecular weight is 315 g/mol. The molecule has 5 nitrogen and oxygen atoms in total. The summed E-state index contributed by atoms with van der Waals surface area (Å²) in [5.74, 6) is 0.340. The van der Waals surface area contributed by atoms with Crippen LogP contribution in [0.4, 0.5) is 4.39 Å². The van der Waals surface area contributed by atoms with Crippen molar-refractivity contribution in [1.82, 2.24) is 10.3 Å². The van der Waals surface area contributed by atoms with Crippen molar-refractivity contribution in [3.05, 3.63) is 71.8 Å². The third kappa shape index (κ3) is 5.19. The lowest BCUT2D eigenvalue weighted by atomic mass is 10.2. The number of amides is 1. The second-order valence-electron chi connectivity index (χ2n) is 4.79. The fourth-order valence-electron chi connectivity index (χ4n) is 1.79. The molecule has 0 bridgehead atoms. The number of ether oxygens (including phenoxy) is 1. The molecule has 0 aliphatic carbocycles. The quantitative estimate of drug-likeness (QED) is 0.821. The van der Waals surface area contributed by atoms with Crippen molar-refractivity contribution in [3.63, 3.8) is 0 Å². The van der Waals surface area contributed by atoms with Crippen molar-refractivity contribution < 1.29 is 13.9 Å². The topological polar surface area (TPSA) is 77.2 Å². The second-order valence-corrected chi connectivity index (χ2v) is 4.79. The SMILES string of the molecule is NC/C(=C/F)COc1ccc(C(=O)NCc2ccccn2)cc1. The molecular formula is C17H18FN3O2. The molecule has 1 heterocycles. The van der Waals surface area contributed by atoms with Crippen molar-refractivity contribution in [3.8, 4) is 5.75 Å². The Morgan fingerprint density at radius 2 is 2.04 bits per heavy atom. The van der Waals surface area contributed by atoms with Crippen molar-refractivity contribution in [2.24, 2.45) is 5.73 Å². The van der Waals surface area contributed by atoms with E-state index in [1.165, 1.54) is 0 Å². The molecule has 0 fully saturated rings. The van der Waals surface area contributed by atoms with Crippen molar-refractivity contribution in [1.29, 1.82) is 0 Å². The van der Waals surface area contributed by atoms with E-state index in [0.29, 0.717) is 29.8 Å². The van der Waals surface area contributed by atoms with E-state index in [9.17, 15) is 9.18 Å². The lowest BCUT2D eigenvalue weighted by Crippen LogP contribution is -2.23. The predicted molar refractivity (Wildman–Crippen MR) is 85.6 cm³/mol. The van der Waals surface area contributed by atoms with Gasteiger partial charge in [0.05, 0.1) is 18.6 Å². The van der Waals surface area contributed by atoms with Gasteiger partial charge in [-0.1, -0.05) is 6.07 Å². The molecule has 0 spiro atoms. The molecule has 23 heavy (non-hydrogen) atoms. The molecule has 1 aromatic heterocycles. The Hall–Kier alpha value is -2.73. The molecular weight excluding hydrogens is 297 g/mol. The van der Waals surface area contributed by atoms with Gasteiger partial charge in [0, 0.05) is 23.9 Å². The first-order valence-corrected chi connectivity index (χ1v) is 7.12. The molecule has 120 valence electrons. The van der Waals surface area contributed by atoms with Crippen molar-refractivity contribution in [2.45, 2.75) is 6.54 Å². The number of nitrogens with zero attached hydrogens (tertiary/aromatic N) is 1. The van der Waals surface area contributed by atoms with Crippen LogP contribution in [0.1, 0.15) is 16.1 Å². The van der Waals surface area contributed by atoms with Gasteiger partial charge in [-0.05, 0) is 36.4 Å². The van der Waals surface area contributed by atoms with Crippen LogP contribution in [-0.4, -0.2) is 24.0 Å². The van der Waals surface area contributed by atoms with E-state index in [1.54, 1.807) is 30.5 Å². The highest BCUT2D eigenvalue weighted by Gasteiger charge is 2.06. The summed E-state index contributed by atoms with van der Waals surface area (Å²) in [5, 5.41) is 2.79. The number of hydrogen-bond acceptors (Lipinski definition) is 4.